The molecule has 8 nitrogen and oxygen atoms in total. The van der Waals surface area contributed by atoms with E-state index in [-0.39, 0.29) is 27.0 Å². The molecule has 9 heteroatoms. The summed E-state index contributed by atoms with van der Waals surface area (Å²) in [6.45, 7) is 0. The molecule has 0 atom stereocenters. The molecule has 0 fully saturated rings. The van der Waals surface area contributed by atoms with E-state index in [1.54, 1.807) is 12.1 Å². The highest BCUT2D eigenvalue weighted by atomic mass is 32.2. The number of carbonyl (C=O) groups is 1. The Bertz CT molecular complexity index is 1680. The van der Waals surface area contributed by atoms with Gasteiger partial charge in [0.05, 0.1) is 10.5 Å². The fourth-order valence-electron chi connectivity index (χ4n) is 3.71. The van der Waals surface area contributed by atoms with Crippen molar-refractivity contribution in [3.63, 3.8) is 0 Å². The van der Waals surface area contributed by atoms with Crippen molar-refractivity contribution in [2.24, 2.45) is 0 Å². The fourth-order valence-corrected chi connectivity index (χ4v) is 4.79. The Morgan fingerprint density at radius 2 is 1.74 bits per heavy atom. The van der Waals surface area contributed by atoms with Crippen LogP contribution in [0.3, 0.4) is 0 Å². The van der Waals surface area contributed by atoms with Crippen molar-refractivity contribution in [3.8, 4) is 0 Å². The first-order valence-electron chi connectivity index (χ1n) is 9.25. The molecule has 5 aromatic rings. The predicted molar refractivity (Wildman–Crippen MR) is 118 cm³/mol. The van der Waals surface area contributed by atoms with Gasteiger partial charge in [-0.1, -0.05) is 30.3 Å². The van der Waals surface area contributed by atoms with Crippen molar-refractivity contribution < 1.29 is 18.3 Å². The molecule has 0 unspecified atom stereocenters. The Kier molecular flexibility index (Phi) is 4.09. The molecule has 154 valence electrons. The topological polar surface area (TPSA) is 132 Å². The number of hydrogen-bond acceptors (Lipinski definition) is 4. The standard InChI is InChI=1S/C22H15N3O5S/c26-21-20-19(17(11-23-20)22(27)28)16-10-14(6-8-18(16)24-21)25-31(29,30)15-7-5-12-3-1-2-4-13(12)9-15/h1-11,23,25H,(H,24,26)(H,27,28). The second-order valence-electron chi connectivity index (χ2n) is 7.09. The third-order valence-electron chi connectivity index (χ3n) is 5.16. The van der Waals surface area contributed by atoms with Gasteiger partial charge in [0.2, 0.25) is 0 Å². The zero-order chi connectivity index (χ0) is 21.8. The van der Waals surface area contributed by atoms with E-state index in [2.05, 4.69) is 14.7 Å². The number of rotatable bonds is 4. The molecule has 0 aliphatic heterocycles. The van der Waals surface area contributed by atoms with Crippen LogP contribution in [0.2, 0.25) is 0 Å². The summed E-state index contributed by atoms with van der Waals surface area (Å²) in [6, 6.07) is 16.8. The third kappa shape index (κ3) is 3.11. The molecular formula is C22H15N3O5S. The molecule has 0 saturated carbocycles. The number of nitrogens with one attached hydrogen (secondary N) is 3. The van der Waals surface area contributed by atoms with Crippen LogP contribution in [0.25, 0.3) is 32.6 Å². The average molecular weight is 433 g/mol. The number of benzene rings is 3. The molecule has 5 rings (SSSR count). The lowest BCUT2D eigenvalue weighted by Crippen LogP contribution is -2.13. The highest BCUT2D eigenvalue weighted by molar-refractivity contribution is 7.92. The van der Waals surface area contributed by atoms with Crippen LogP contribution in [0.15, 0.2) is 76.6 Å². The van der Waals surface area contributed by atoms with Crippen LogP contribution in [0.1, 0.15) is 10.4 Å². The summed E-state index contributed by atoms with van der Waals surface area (Å²) in [6.07, 6.45) is 1.24. The van der Waals surface area contributed by atoms with E-state index in [0.717, 1.165) is 10.8 Å². The number of pyridine rings is 1. The van der Waals surface area contributed by atoms with Crippen LogP contribution >= 0.6 is 0 Å². The van der Waals surface area contributed by atoms with Gasteiger partial charge >= 0.3 is 5.97 Å². The monoisotopic (exact) mass is 433 g/mol. The van der Waals surface area contributed by atoms with Gasteiger partial charge in [0.25, 0.3) is 15.6 Å². The van der Waals surface area contributed by atoms with Gasteiger partial charge in [-0.2, -0.15) is 0 Å². The van der Waals surface area contributed by atoms with Gasteiger partial charge in [-0.05, 0) is 41.1 Å². The van der Waals surface area contributed by atoms with E-state index >= 15 is 0 Å². The number of carboxylic acids is 1. The van der Waals surface area contributed by atoms with Crippen LogP contribution in [0, 0.1) is 0 Å². The lowest BCUT2D eigenvalue weighted by Gasteiger charge is -2.10. The molecule has 0 spiro atoms. The van der Waals surface area contributed by atoms with E-state index in [1.165, 1.54) is 30.5 Å². The number of aromatic carboxylic acids is 1. The van der Waals surface area contributed by atoms with Crippen LogP contribution in [0.5, 0.6) is 0 Å². The Balaban J connectivity index is 1.63. The summed E-state index contributed by atoms with van der Waals surface area (Å²) in [5.74, 6) is -1.19. The van der Waals surface area contributed by atoms with Gasteiger partial charge < -0.3 is 15.1 Å². The Morgan fingerprint density at radius 3 is 2.52 bits per heavy atom. The predicted octanol–water partition coefficient (Wildman–Crippen LogP) is 3.66. The number of aromatic amines is 2. The summed E-state index contributed by atoms with van der Waals surface area (Å²) in [4.78, 5) is 29.3. The number of sulfonamides is 1. The molecule has 0 aliphatic carbocycles. The molecule has 0 amide bonds. The Labute approximate surface area is 175 Å². The second-order valence-corrected chi connectivity index (χ2v) is 8.77. The number of hydrogen-bond donors (Lipinski definition) is 4. The first-order chi connectivity index (χ1) is 14.8. The first-order valence-corrected chi connectivity index (χ1v) is 10.7. The van der Waals surface area contributed by atoms with Crippen LogP contribution in [0.4, 0.5) is 5.69 Å². The second kappa shape index (κ2) is 6.71. The van der Waals surface area contributed by atoms with E-state index in [4.69, 9.17) is 0 Å². The van der Waals surface area contributed by atoms with Crippen LogP contribution in [-0.4, -0.2) is 29.5 Å². The summed E-state index contributed by atoms with van der Waals surface area (Å²) in [5, 5.41) is 11.8. The molecule has 0 aliphatic rings. The van der Waals surface area contributed by atoms with Gasteiger partial charge in [0.1, 0.15) is 5.52 Å². The van der Waals surface area contributed by atoms with Crippen molar-refractivity contribution >= 4 is 54.3 Å². The van der Waals surface area contributed by atoms with Crippen molar-refractivity contribution in [2.75, 3.05) is 4.72 Å². The van der Waals surface area contributed by atoms with Gasteiger partial charge in [0, 0.05) is 28.2 Å². The maximum Gasteiger partial charge on any atom is 0.337 e. The van der Waals surface area contributed by atoms with Crippen LogP contribution < -0.4 is 10.3 Å². The lowest BCUT2D eigenvalue weighted by molar-refractivity contribution is 0.0699. The third-order valence-corrected chi connectivity index (χ3v) is 6.54. The molecule has 0 radical (unpaired) electrons. The normalized spacial score (nSPS) is 11.9. The highest BCUT2D eigenvalue weighted by Crippen LogP contribution is 2.28. The van der Waals surface area contributed by atoms with Crippen molar-refractivity contribution in [1.82, 2.24) is 9.97 Å². The van der Waals surface area contributed by atoms with Crippen molar-refractivity contribution in [1.29, 1.82) is 0 Å². The minimum atomic E-state index is -3.89. The Hall–Kier alpha value is -4.11. The lowest BCUT2D eigenvalue weighted by atomic mass is 10.1. The maximum atomic E-state index is 13.0. The van der Waals surface area contributed by atoms with Crippen LogP contribution in [-0.2, 0) is 10.0 Å². The van der Waals surface area contributed by atoms with Gasteiger partial charge in [0.15, 0.2) is 0 Å². The molecule has 0 bridgehead atoms. The SMILES string of the molecule is O=C(O)c1c[nH]c2c(=O)[nH]c3ccc(NS(=O)(=O)c4ccc5ccccc5c4)cc3c12. The molecule has 2 aromatic heterocycles. The zero-order valence-corrected chi connectivity index (χ0v) is 16.7. The minimum absolute atomic E-state index is 0.0689. The smallest absolute Gasteiger partial charge is 0.337 e. The van der Waals surface area contributed by atoms with E-state index in [1.807, 2.05) is 24.3 Å². The number of anilines is 1. The molecule has 31 heavy (non-hydrogen) atoms. The maximum absolute atomic E-state index is 13.0. The van der Waals surface area contributed by atoms with E-state index < -0.39 is 21.6 Å². The molecule has 3 aromatic carbocycles. The first kappa shape index (κ1) is 18.9. The molecule has 4 N–H and O–H groups in total. The fraction of sp³-hybridized carbons (Fsp3) is 0. The summed E-state index contributed by atoms with van der Waals surface area (Å²) < 4.78 is 28.4. The highest BCUT2D eigenvalue weighted by Gasteiger charge is 2.18. The van der Waals surface area contributed by atoms with Crippen molar-refractivity contribution in [3.05, 3.63) is 82.8 Å². The van der Waals surface area contributed by atoms with Crippen molar-refractivity contribution in [2.45, 2.75) is 4.90 Å². The summed E-state index contributed by atoms with van der Waals surface area (Å²) >= 11 is 0. The zero-order valence-electron chi connectivity index (χ0n) is 15.8. The number of aromatic nitrogens is 2. The summed E-state index contributed by atoms with van der Waals surface area (Å²) in [5.41, 5.74) is 0.222. The van der Waals surface area contributed by atoms with E-state index in [9.17, 15) is 23.1 Å². The number of fused-ring (bicyclic) bond motifs is 4. The molecule has 2 heterocycles. The average Bonchev–Trinajstić information content (AvgIpc) is 3.20. The minimum Gasteiger partial charge on any atom is -0.478 e. The molecule has 0 saturated heterocycles. The quantitative estimate of drug-likeness (QED) is 0.343. The van der Waals surface area contributed by atoms with Gasteiger partial charge in [-0.25, -0.2) is 13.2 Å². The van der Waals surface area contributed by atoms with Gasteiger partial charge in [-0.3, -0.25) is 9.52 Å². The number of H-pyrrole nitrogens is 2. The largest absolute Gasteiger partial charge is 0.478 e. The van der Waals surface area contributed by atoms with E-state index in [0.29, 0.717) is 10.9 Å². The Morgan fingerprint density at radius 1 is 0.968 bits per heavy atom. The number of carboxylic acid groups (broad SMARTS) is 1. The van der Waals surface area contributed by atoms with Gasteiger partial charge in [-0.15, -0.1) is 0 Å². The summed E-state index contributed by atoms with van der Waals surface area (Å²) in [7, 11) is -3.89. The molecular weight excluding hydrogens is 418 g/mol.